The molecule has 0 bridgehead atoms. The molecule has 0 N–H and O–H groups in total. The Hall–Kier alpha value is -0.600. The minimum Gasteiger partial charge on any atom is -0.469 e. The highest BCUT2D eigenvalue weighted by Crippen LogP contribution is 2.21. The number of hydrogen-bond donors (Lipinski definition) is 0. The zero-order valence-electron chi connectivity index (χ0n) is 10.8. The Morgan fingerprint density at radius 2 is 2.00 bits per heavy atom. The molecule has 0 saturated carbocycles. The van der Waals surface area contributed by atoms with Crippen molar-refractivity contribution in [2.24, 2.45) is 5.92 Å². The van der Waals surface area contributed by atoms with E-state index >= 15 is 0 Å². The number of ether oxygens (including phenoxy) is 1. The minimum atomic E-state index is -0.833. The standard InChI is InChI=1S/C13H25FO2/c1-4-5-6-7-8-12(9-11(2)14)10-13(15)16-3/h11-12H,4-10H2,1-3H3. The van der Waals surface area contributed by atoms with Gasteiger partial charge in [0.1, 0.15) is 0 Å². The average molecular weight is 232 g/mol. The normalized spacial score (nSPS) is 14.5. The van der Waals surface area contributed by atoms with Gasteiger partial charge in [0.05, 0.1) is 13.3 Å². The maximum atomic E-state index is 12.9. The first-order valence-electron chi connectivity index (χ1n) is 6.31. The molecular formula is C13H25FO2. The fourth-order valence-corrected chi connectivity index (χ4v) is 1.94. The number of alkyl halides is 1. The smallest absolute Gasteiger partial charge is 0.305 e. The monoisotopic (exact) mass is 232 g/mol. The minimum absolute atomic E-state index is 0.143. The van der Waals surface area contributed by atoms with Crippen molar-refractivity contribution in [3.8, 4) is 0 Å². The van der Waals surface area contributed by atoms with Gasteiger partial charge in [-0.15, -0.1) is 0 Å². The molecule has 3 heteroatoms. The zero-order chi connectivity index (χ0) is 12.4. The van der Waals surface area contributed by atoms with Crippen LogP contribution in [0.5, 0.6) is 0 Å². The molecule has 0 spiro atoms. The molecule has 2 nitrogen and oxygen atoms in total. The summed E-state index contributed by atoms with van der Waals surface area (Å²) in [6.45, 7) is 3.71. The average Bonchev–Trinajstić information content (AvgIpc) is 2.23. The fraction of sp³-hybridized carbons (Fsp3) is 0.923. The van der Waals surface area contributed by atoms with Gasteiger partial charge >= 0.3 is 5.97 Å². The van der Waals surface area contributed by atoms with Gasteiger partial charge in [-0.2, -0.15) is 0 Å². The number of rotatable bonds is 9. The van der Waals surface area contributed by atoms with E-state index in [0.717, 1.165) is 12.8 Å². The van der Waals surface area contributed by atoms with E-state index in [4.69, 9.17) is 0 Å². The van der Waals surface area contributed by atoms with Gasteiger partial charge in [-0.25, -0.2) is 4.39 Å². The number of carbonyl (C=O) groups excluding carboxylic acids is 1. The SMILES string of the molecule is CCCCCCC(CC(=O)OC)CC(C)F. The molecule has 0 amide bonds. The molecule has 0 aromatic rings. The van der Waals surface area contributed by atoms with Crippen LogP contribution in [0, 0.1) is 5.92 Å². The van der Waals surface area contributed by atoms with Gasteiger partial charge in [-0.1, -0.05) is 32.6 Å². The fourth-order valence-electron chi connectivity index (χ4n) is 1.94. The largest absolute Gasteiger partial charge is 0.469 e. The third kappa shape index (κ3) is 8.69. The second kappa shape index (κ2) is 9.61. The van der Waals surface area contributed by atoms with Gasteiger partial charge in [-0.05, 0) is 25.7 Å². The van der Waals surface area contributed by atoms with Gasteiger partial charge in [-0.3, -0.25) is 4.79 Å². The Balaban J connectivity index is 3.85. The van der Waals surface area contributed by atoms with Crippen LogP contribution in [-0.2, 0) is 9.53 Å². The van der Waals surface area contributed by atoms with Crippen molar-refractivity contribution in [1.29, 1.82) is 0 Å². The van der Waals surface area contributed by atoms with E-state index in [-0.39, 0.29) is 11.9 Å². The summed E-state index contributed by atoms with van der Waals surface area (Å²) in [7, 11) is 1.38. The van der Waals surface area contributed by atoms with E-state index < -0.39 is 6.17 Å². The lowest BCUT2D eigenvalue weighted by Gasteiger charge is -2.16. The molecular weight excluding hydrogens is 207 g/mol. The summed E-state index contributed by atoms with van der Waals surface area (Å²) in [6.07, 6.45) is 5.61. The maximum absolute atomic E-state index is 12.9. The highest BCUT2D eigenvalue weighted by molar-refractivity contribution is 5.69. The third-order valence-electron chi connectivity index (χ3n) is 2.81. The van der Waals surface area contributed by atoms with Crippen molar-refractivity contribution in [3.63, 3.8) is 0 Å². The molecule has 0 saturated heterocycles. The van der Waals surface area contributed by atoms with Gasteiger partial charge in [0.15, 0.2) is 0 Å². The summed E-state index contributed by atoms with van der Waals surface area (Å²) in [5.74, 6) is -0.0783. The zero-order valence-corrected chi connectivity index (χ0v) is 10.8. The molecule has 0 fully saturated rings. The lowest BCUT2D eigenvalue weighted by Crippen LogP contribution is -2.13. The van der Waals surface area contributed by atoms with Crippen LogP contribution in [0.15, 0.2) is 0 Å². The Labute approximate surface area is 98.6 Å². The molecule has 0 aliphatic rings. The Kier molecular flexibility index (Phi) is 9.25. The molecule has 0 aromatic carbocycles. The third-order valence-corrected chi connectivity index (χ3v) is 2.81. The molecule has 0 aliphatic heterocycles. The molecule has 0 radical (unpaired) electrons. The molecule has 0 aromatic heterocycles. The molecule has 0 heterocycles. The number of carbonyl (C=O) groups is 1. The predicted molar refractivity (Wildman–Crippen MR) is 64.1 cm³/mol. The van der Waals surface area contributed by atoms with E-state index in [1.54, 1.807) is 6.92 Å². The molecule has 16 heavy (non-hydrogen) atoms. The van der Waals surface area contributed by atoms with Crippen LogP contribution in [0.3, 0.4) is 0 Å². The van der Waals surface area contributed by atoms with E-state index in [1.807, 2.05) is 0 Å². The first-order chi connectivity index (χ1) is 7.60. The topological polar surface area (TPSA) is 26.3 Å². The molecule has 0 rings (SSSR count). The highest BCUT2D eigenvalue weighted by Gasteiger charge is 2.16. The Morgan fingerprint density at radius 3 is 2.50 bits per heavy atom. The number of methoxy groups -OCH3 is 1. The molecule has 2 unspecified atom stereocenters. The van der Waals surface area contributed by atoms with E-state index in [0.29, 0.717) is 12.8 Å². The van der Waals surface area contributed by atoms with Crippen LogP contribution >= 0.6 is 0 Å². The summed E-state index contributed by atoms with van der Waals surface area (Å²) in [4.78, 5) is 11.1. The van der Waals surface area contributed by atoms with Crippen molar-refractivity contribution in [2.45, 2.75) is 65.0 Å². The molecule has 0 aliphatic carbocycles. The van der Waals surface area contributed by atoms with Crippen LogP contribution in [0.1, 0.15) is 58.8 Å². The maximum Gasteiger partial charge on any atom is 0.305 e. The first-order valence-corrected chi connectivity index (χ1v) is 6.31. The Morgan fingerprint density at radius 1 is 1.31 bits per heavy atom. The van der Waals surface area contributed by atoms with Crippen LogP contribution in [-0.4, -0.2) is 19.3 Å². The van der Waals surface area contributed by atoms with Crippen molar-refractivity contribution in [1.82, 2.24) is 0 Å². The number of esters is 1. The van der Waals surface area contributed by atoms with E-state index in [1.165, 1.54) is 26.4 Å². The predicted octanol–water partition coefficient (Wildman–Crippen LogP) is 3.88. The summed E-state index contributed by atoms with van der Waals surface area (Å²) < 4.78 is 17.6. The van der Waals surface area contributed by atoms with Gasteiger partial charge in [0, 0.05) is 6.42 Å². The lowest BCUT2D eigenvalue weighted by molar-refractivity contribution is -0.141. The van der Waals surface area contributed by atoms with Crippen molar-refractivity contribution >= 4 is 5.97 Å². The summed E-state index contributed by atoms with van der Waals surface area (Å²) in [5.41, 5.74) is 0. The highest BCUT2D eigenvalue weighted by atomic mass is 19.1. The van der Waals surface area contributed by atoms with E-state index in [2.05, 4.69) is 11.7 Å². The van der Waals surface area contributed by atoms with Crippen LogP contribution < -0.4 is 0 Å². The van der Waals surface area contributed by atoms with Gasteiger partial charge in [0.2, 0.25) is 0 Å². The van der Waals surface area contributed by atoms with Crippen molar-refractivity contribution < 1.29 is 13.9 Å². The summed E-state index contributed by atoms with van der Waals surface area (Å²) in [5, 5.41) is 0. The lowest BCUT2D eigenvalue weighted by atomic mass is 9.92. The van der Waals surface area contributed by atoms with Crippen LogP contribution in [0.2, 0.25) is 0 Å². The van der Waals surface area contributed by atoms with Gasteiger partial charge in [0.25, 0.3) is 0 Å². The van der Waals surface area contributed by atoms with E-state index in [9.17, 15) is 9.18 Å². The summed E-state index contributed by atoms with van der Waals surface area (Å²) in [6, 6.07) is 0. The Bertz CT molecular complexity index is 181. The van der Waals surface area contributed by atoms with Crippen molar-refractivity contribution in [2.75, 3.05) is 7.11 Å². The quantitative estimate of drug-likeness (QED) is 0.445. The first kappa shape index (κ1) is 15.4. The van der Waals surface area contributed by atoms with Crippen LogP contribution in [0.25, 0.3) is 0 Å². The second-order valence-corrected chi connectivity index (χ2v) is 4.51. The second-order valence-electron chi connectivity index (χ2n) is 4.51. The molecule has 96 valence electrons. The van der Waals surface area contributed by atoms with Crippen molar-refractivity contribution in [3.05, 3.63) is 0 Å². The number of hydrogen-bond acceptors (Lipinski definition) is 2. The number of unbranched alkanes of at least 4 members (excludes halogenated alkanes) is 3. The molecule has 2 atom stereocenters. The van der Waals surface area contributed by atoms with Crippen LogP contribution in [0.4, 0.5) is 4.39 Å². The van der Waals surface area contributed by atoms with Gasteiger partial charge < -0.3 is 4.74 Å². The number of halogens is 1. The summed E-state index contributed by atoms with van der Waals surface area (Å²) >= 11 is 0.